The van der Waals surface area contributed by atoms with Crippen LogP contribution in [0.3, 0.4) is 0 Å². The molecule has 1 aliphatic carbocycles. The molecule has 1 saturated heterocycles. The van der Waals surface area contributed by atoms with Crippen molar-refractivity contribution >= 4 is 5.91 Å². The number of aliphatic hydroxyl groups is 1. The van der Waals surface area contributed by atoms with E-state index in [1.165, 1.54) is 11.1 Å². The van der Waals surface area contributed by atoms with Crippen LogP contribution in [0.5, 0.6) is 0 Å². The van der Waals surface area contributed by atoms with Gasteiger partial charge in [0.05, 0.1) is 5.60 Å². The molecule has 120 valence electrons. The lowest BCUT2D eigenvalue weighted by molar-refractivity contribution is -0.151. The molecule has 0 unspecified atom stereocenters. The zero-order valence-corrected chi connectivity index (χ0v) is 13.7. The molecule has 1 saturated carbocycles. The Bertz CT molecular complexity index is 536. The number of nitrogens with zero attached hydrogens (tertiary/aromatic N) is 1. The smallest absolute Gasteiger partial charge is 0.225 e. The SMILES string of the molecule is Cc1cccc(CC2CCN(C(=O)C3CC(C)(O)C3)CC2)c1. The number of piperidine rings is 1. The number of hydrogen-bond donors (Lipinski definition) is 1. The van der Waals surface area contributed by atoms with E-state index in [0.29, 0.717) is 18.8 Å². The van der Waals surface area contributed by atoms with Crippen LogP contribution in [0.15, 0.2) is 24.3 Å². The normalized spacial score (nSPS) is 29.2. The van der Waals surface area contributed by atoms with E-state index in [-0.39, 0.29) is 11.8 Å². The zero-order valence-electron chi connectivity index (χ0n) is 13.7. The standard InChI is InChI=1S/C19H27NO2/c1-14-4-3-5-16(10-14)11-15-6-8-20(9-7-15)18(21)17-12-19(2,22)13-17/h3-5,10,15,17,22H,6-9,11-13H2,1-2H3. The van der Waals surface area contributed by atoms with Gasteiger partial charge in [-0.2, -0.15) is 0 Å². The molecule has 1 aromatic rings. The highest BCUT2D eigenvalue weighted by Gasteiger charge is 2.44. The van der Waals surface area contributed by atoms with Gasteiger partial charge in [-0.25, -0.2) is 0 Å². The number of aryl methyl sites for hydroxylation is 1. The molecule has 22 heavy (non-hydrogen) atoms. The fourth-order valence-electron chi connectivity index (χ4n) is 3.96. The Kier molecular flexibility index (Phi) is 4.26. The van der Waals surface area contributed by atoms with Gasteiger partial charge in [0.15, 0.2) is 0 Å². The van der Waals surface area contributed by atoms with E-state index < -0.39 is 5.60 Å². The lowest BCUT2D eigenvalue weighted by Gasteiger charge is -2.43. The molecule has 0 atom stereocenters. The molecular weight excluding hydrogens is 274 g/mol. The first-order valence-electron chi connectivity index (χ1n) is 8.50. The maximum atomic E-state index is 12.4. The zero-order chi connectivity index (χ0) is 15.7. The average molecular weight is 301 g/mol. The Hall–Kier alpha value is -1.35. The highest BCUT2D eigenvalue weighted by atomic mass is 16.3. The molecule has 2 fully saturated rings. The molecule has 1 aliphatic heterocycles. The average Bonchev–Trinajstić information content (AvgIpc) is 2.45. The van der Waals surface area contributed by atoms with Gasteiger partial charge < -0.3 is 10.0 Å². The van der Waals surface area contributed by atoms with Crippen LogP contribution in [-0.2, 0) is 11.2 Å². The van der Waals surface area contributed by atoms with Crippen molar-refractivity contribution in [3.63, 3.8) is 0 Å². The maximum Gasteiger partial charge on any atom is 0.225 e. The van der Waals surface area contributed by atoms with Crippen molar-refractivity contribution in [1.82, 2.24) is 4.90 Å². The van der Waals surface area contributed by atoms with E-state index in [0.717, 1.165) is 32.4 Å². The molecule has 1 amide bonds. The van der Waals surface area contributed by atoms with Crippen LogP contribution < -0.4 is 0 Å². The summed E-state index contributed by atoms with van der Waals surface area (Å²) in [6.07, 6.45) is 4.59. The van der Waals surface area contributed by atoms with E-state index in [4.69, 9.17) is 0 Å². The van der Waals surface area contributed by atoms with Gasteiger partial charge >= 0.3 is 0 Å². The van der Waals surface area contributed by atoms with Crippen molar-refractivity contribution in [1.29, 1.82) is 0 Å². The number of carbonyl (C=O) groups excluding carboxylic acids is 1. The quantitative estimate of drug-likeness (QED) is 0.932. The summed E-state index contributed by atoms with van der Waals surface area (Å²) in [4.78, 5) is 14.4. The van der Waals surface area contributed by atoms with Crippen LogP contribution in [0.25, 0.3) is 0 Å². The highest BCUT2D eigenvalue weighted by Crippen LogP contribution is 2.39. The minimum absolute atomic E-state index is 0.0586. The van der Waals surface area contributed by atoms with E-state index in [2.05, 4.69) is 31.2 Å². The molecule has 3 heteroatoms. The first-order chi connectivity index (χ1) is 10.4. The van der Waals surface area contributed by atoms with Gasteiger partial charge in [0.1, 0.15) is 0 Å². The van der Waals surface area contributed by atoms with E-state index in [9.17, 15) is 9.90 Å². The van der Waals surface area contributed by atoms with Crippen LogP contribution in [0.1, 0.15) is 43.7 Å². The molecule has 0 spiro atoms. The Morgan fingerprint density at radius 2 is 2.00 bits per heavy atom. The van der Waals surface area contributed by atoms with Crippen LogP contribution in [0.2, 0.25) is 0 Å². The van der Waals surface area contributed by atoms with Crippen molar-refractivity contribution in [3.8, 4) is 0 Å². The van der Waals surface area contributed by atoms with Crippen molar-refractivity contribution in [3.05, 3.63) is 35.4 Å². The monoisotopic (exact) mass is 301 g/mol. The Balaban J connectivity index is 1.47. The van der Waals surface area contributed by atoms with Gasteiger partial charge in [-0.3, -0.25) is 4.79 Å². The Morgan fingerprint density at radius 1 is 1.32 bits per heavy atom. The van der Waals surface area contributed by atoms with Crippen molar-refractivity contribution < 1.29 is 9.90 Å². The molecular formula is C19H27NO2. The predicted octanol–water partition coefficient (Wildman–Crippen LogP) is 2.94. The largest absolute Gasteiger partial charge is 0.390 e. The number of rotatable bonds is 3. The number of amides is 1. The fraction of sp³-hybridized carbons (Fsp3) is 0.632. The molecule has 1 N–H and O–H groups in total. The highest BCUT2D eigenvalue weighted by molar-refractivity contribution is 5.80. The third-order valence-electron chi connectivity index (χ3n) is 5.25. The fourth-order valence-corrected chi connectivity index (χ4v) is 3.96. The summed E-state index contributed by atoms with van der Waals surface area (Å²) in [5, 5.41) is 9.79. The maximum absolute atomic E-state index is 12.4. The first-order valence-corrected chi connectivity index (χ1v) is 8.50. The minimum atomic E-state index is -0.607. The van der Waals surface area contributed by atoms with Crippen LogP contribution in [-0.4, -0.2) is 34.6 Å². The molecule has 1 aromatic carbocycles. The summed E-state index contributed by atoms with van der Waals surface area (Å²) in [6.45, 7) is 5.73. The van der Waals surface area contributed by atoms with E-state index >= 15 is 0 Å². The summed E-state index contributed by atoms with van der Waals surface area (Å²) in [6, 6.07) is 8.75. The number of hydrogen-bond acceptors (Lipinski definition) is 2. The lowest BCUT2D eigenvalue weighted by atomic mass is 9.71. The summed E-state index contributed by atoms with van der Waals surface area (Å²) < 4.78 is 0. The molecule has 3 nitrogen and oxygen atoms in total. The van der Waals surface area contributed by atoms with Crippen LogP contribution >= 0.6 is 0 Å². The van der Waals surface area contributed by atoms with Crippen LogP contribution in [0.4, 0.5) is 0 Å². The summed E-state index contributed by atoms with van der Waals surface area (Å²) in [5.41, 5.74) is 2.13. The Morgan fingerprint density at radius 3 is 2.59 bits per heavy atom. The molecule has 3 rings (SSSR count). The lowest BCUT2D eigenvalue weighted by Crippen LogP contribution is -2.51. The third kappa shape index (κ3) is 3.52. The Labute approximate surface area is 133 Å². The minimum Gasteiger partial charge on any atom is -0.390 e. The second-order valence-electron chi connectivity index (χ2n) is 7.56. The third-order valence-corrected chi connectivity index (χ3v) is 5.25. The van der Waals surface area contributed by atoms with E-state index in [1.807, 2.05) is 11.8 Å². The molecule has 0 radical (unpaired) electrons. The van der Waals surface area contributed by atoms with Gasteiger partial charge in [-0.15, -0.1) is 0 Å². The molecule has 1 heterocycles. The number of benzene rings is 1. The molecule has 0 bridgehead atoms. The van der Waals surface area contributed by atoms with E-state index in [1.54, 1.807) is 0 Å². The second-order valence-corrected chi connectivity index (χ2v) is 7.56. The van der Waals surface area contributed by atoms with Gasteiger partial charge in [0.25, 0.3) is 0 Å². The summed E-state index contributed by atoms with van der Waals surface area (Å²) in [5.74, 6) is 1.01. The number of likely N-dealkylation sites (tertiary alicyclic amines) is 1. The summed E-state index contributed by atoms with van der Waals surface area (Å²) >= 11 is 0. The molecule has 2 aliphatic rings. The van der Waals surface area contributed by atoms with Crippen molar-refractivity contribution in [2.45, 2.75) is 51.6 Å². The van der Waals surface area contributed by atoms with Gasteiger partial charge in [0.2, 0.25) is 5.91 Å². The predicted molar refractivity (Wildman–Crippen MR) is 87.5 cm³/mol. The van der Waals surface area contributed by atoms with Gasteiger partial charge in [-0.05, 0) is 57.4 Å². The second kappa shape index (κ2) is 6.04. The van der Waals surface area contributed by atoms with Crippen LogP contribution in [0, 0.1) is 18.8 Å². The first kappa shape index (κ1) is 15.5. The van der Waals surface area contributed by atoms with Crippen molar-refractivity contribution in [2.24, 2.45) is 11.8 Å². The topological polar surface area (TPSA) is 40.5 Å². The van der Waals surface area contributed by atoms with Crippen molar-refractivity contribution in [2.75, 3.05) is 13.1 Å². The molecule has 0 aromatic heterocycles. The number of carbonyl (C=O) groups is 1. The van der Waals surface area contributed by atoms with Gasteiger partial charge in [0, 0.05) is 19.0 Å². The summed E-state index contributed by atoms with van der Waals surface area (Å²) in [7, 11) is 0. The van der Waals surface area contributed by atoms with Gasteiger partial charge in [-0.1, -0.05) is 29.8 Å².